The van der Waals surface area contributed by atoms with Crippen molar-refractivity contribution in [2.75, 3.05) is 13.1 Å². The third-order valence-corrected chi connectivity index (χ3v) is 5.85. The van der Waals surface area contributed by atoms with Gasteiger partial charge in [-0.1, -0.05) is 31.5 Å². The van der Waals surface area contributed by atoms with Gasteiger partial charge in [0.2, 0.25) is 0 Å². The molecule has 2 saturated heterocycles. The van der Waals surface area contributed by atoms with E-state index in [1.54, 1.807) is 0 Å². The minimum atomic E-state index is -0.706. The Morgan fingerprint density at radius 1 is 1.35 bits per heavy atom. The molecule has 1 aromatic carbocycles. The standard InChI is InChI=1S/C19H24N2O2/c1-2-13-7-12-8-15(19(13)21(10-12)11-18(22)23)17-9-14-5-3-4-6-16(14)20-17/h3-6,9,12-13,15,19-20H,2,7-8,10-11H2,1H3,(H,22,23)/t12-,13+,15+,19+/m0/s1. The summed E-state index contributed by atoms with van der Waals surface area (Å²) in [4.78, 5) is 17.1. The summed E-state index contributed by atoms with van der Waals surface area (Å²) < 4.78 is 0. The lowest BCUT2D eigenvalue weighted by molar-refractivity contribution is -0.142. The van der Waals surface area contributed by atoms with E-state index in [0.29, 0.717) is 23.8 Å². The largest absolute Gasteiger partial charge is 0.480 e. The molecule has 2 N–H and O–H groups in total. The number of para-hydroxylation sites is 1. The molecule has 4 nitrogen and oxygen atoms in total. The molecule has 23 heavy (non-hydrogen) atoms. The molecule has 0 spiro atoms. The van der Waals surface area contributed by atoms with Crippen molar-refractivity contribution in [1.82, 2.24) is 9.88 Å². The highest BCUT2D eigenvalue weighted by Crippen LogP contribution is 2.48. The Hall–Kier alpha value is -1.81. The van der Waals surface area contributed by atoms with Crippen molar-refractivity contribution in [3.63, 3.8) is 0 Å². The summed E-state index contributed by atoms with van der Waals surface area (Å²) in [6.45, 7) is 3.37. The molecule has 1 saturated carbocycles. The van der Waals surface area contributed by atoms with E-state index >= 15 is 0 Å². The van der Waals surface area contributed by atoms with Crippen molar-refractivity contribution in [2.24, 2.45) is 11.8 Å². The zero-order valence-corrected chi connectivity index (χ0v) is 13.5. The summed E-state index contributed by atoms with van der Waals surface area (Å²) in [6.07, 6.45) is 3.58. The van der Waals surface area contributed by atoms with Crippen LogP contribution in [0.3, 0.4) is 0 Å². The monoisotopic (exact) mass is 312 g/mol. The molecule has 3 fully saturated rings. The van der Waals surface area contributed by atoms with Crippen molar-refractivity contribution < 1.29 is 9.90 Å². The molecule has 3 heterocycles. The topological polar surface area (TPSA) is 56.3 Å². The number of aromatic amines is 1. The molecule has 4 atom stereocenters. The molecule has 3 aliphatic rings. The maximum absolute atomic E-state index is 11.3. The predicted molar refractivity (Wildman–Crippen MR) is 90.5 cm³/mol. The summed E-state index contributed by atoms with van der Waals surface area (Å²) in [5.41, 5.74) is 2.47. The second kappa shape index (κ2) is 5.68. The Labute approximate surface area is 136 Å². The second-order valence-electron chi connectivity index (χ2n) is 7.24. The van der Waals surface area contributed by atoms with Gasteiger partial charge in [-0.2, -0.15) is 0 Å². The number of carboxylic acids is 1. The summed E-state index contributed by atoms with van der Waals surface area (Å²) in [7, 11) is 0. The minimum Gasteiger partial charge on any atom is -0.480 e. The number of rotatable bonds is 4. The highest BCUT2D eigenvalue weighted by Gasteiger charge is 2.47. The smallest absolute Gasteiger partial charge is 0.317 e. The van der Waals surface area contributed by atoms with Gasteiger partial charge in [0.25, 0.3) is 0 Å². The highest BCUT2D eigenvalue weighted by atomic mass is 16.4. The van der Waals surface area contributed by atoms with Gasteiger partial charge in [-0.25, -0.2) is 0 Å². The average molecular weight is 312 g/mol. The van der Waals surface area contributed by atoms with Crippen LogP contribution in [0.5, 0.6) is 0 Å². The lowest BCUT2D eigenvalue weighted by atomic mass is 9.65. The first-order valence-electron chi connectivity index (χ1n) is 8.69. The lowest BCUT2D eigenvalue weighted by Crippen LogP contribution is -2.57. The van der Waals surface area contributed by atoms with Gasteiger partial charge < -0.3 is 10.1 Å². The van der Waals surface area contributed by atoms with E-state index in [2.05, 4.69) is 47.1 Å². The van der Waals surface area contributed by atoms with Crippen LogP contribution in [0.4, 0.5) is 0 Å². The molecule has 4 heteroatoms. The van der Waals surface area contributed by atoms with E-state index in [1.165, 1.54) is 29.4 Å². The van der Waals surface area contributed by atoms with Crippen LogP contribution in [0, 0.1) is 11.8 Å². The fourth-order valence-corrected chi connectivity index (χ4v) is 5.00. The Kier molecular flexibility index (Phi) is 3.64. The van der Waals surface area contributed by atoms with Crippen LogP contribution in [-0.2, 0) is 4.79 Å². The molecule has 0 unspecified atom stereocenters. The molecule has 1 aliphatic carbocycles. The van der Waals surface area contributed by atoms with Gasteiger partial charge in [0.05, 0.1) is 6.54 Å². The zero-order chi connectivity index (χ0) is 16.0. The first-order valence-corrected chi connectivity index (χ1v) is 8.69. The van der Waals surface area contributed by atoms with Gasteiger partial charge in [0, 0.05) is 29.7 Å². The Morgan fingerprint density at radius 3 is 2.91 bits per heavy atom. The molecule has 0 radical (unpaired) electrons. The third-order valence-electron chi connectivity index (χ3n) is 5.85. The van der Waals surface area contributed by atoms with Crippen molar-refractivity contribution in [3.8, 4) is 0 Å². The van der Waals surface area contributed by atoms with Crippen LogP contribution in [0.2, 0.25) is 0 Å². The number of nitrogens with zero attached hydrogens (tertiary/aromatic N) is 1. The van der Waals surface area contributed by atoms with Crippen molar-refractivity contribution in [3.05, 3.63) is 36.0 Å². The molecule has 2 aromatic rings. The number of benzene rings is 1. The van der Waals surface area contributed by atoms with Crippen LogP contribution >= 0.6 is 0 Å². The van der Waals surface area contributed by atoms with Crippen molar-refractivity contribution in [1.29, 1.82) is 0 Å². The number of fused-ring (bicyclic) bond motifs is 4. The Morgan fingerprint density at radius 2 is 2.17 bits per heavy atom. The normalized spacial score (nSPS) is 30.8. The Balaban J connectivity index is 1.70. The number of aromatic nitrogens is 1. The predicted octanol–water partition coefficient (Wildman–Crippen LogP) is 3.46. The van der Waals surface area contributed by atoms with Gasteiger partial charge in [-0.15, -0.1) is 0 Å². The van der Waals surface area contributed by atoms with E-state index < -0.39 is 5.97 Å². The third kappa shape index (κ3) is 2.55. The number of hydrogen-bond donors (Lipinski definition) is 2. The van der Waals surface area contributed by atoms with E-state index in [9.17, 15) is 9.90 Å². The van der Waals surface area contributed by atoms with Crippen LogP contribution < -0.4 is 0 Å². The number of carboxylic acid groups (broad SMARTS) is 1. The van der Waals surface area contributed by atoms with Crippen LogP contribution in [0.1, 0.15) is 37.8 Å². The van der Waals surface area contributed by atoms with Crippen molar-refractivity contribution in [2.45, 2.75) is 38.1 Å². The van der Waals surface area contributed by atoms with Crippen LogP contribution in [0.15, 0.2) is 30.3 Å². The van der Waals surface area contributed by atoms with Gasteiger partial charge in [-0.05, 0) is 42.2 Å². The number of piperidine rings is 2. The van der Waals surface area contributed by atoms with E-state index in [-0.39, 0.29) is 6.54 Å². The quantitative estimate of drug-likeness (QED) is 0.909. The fraction of sp³-hybridized carbons (Fsp3) is 0.526. The molecule has 2 bridgehead atoms. The first kappa shape index (κ1) is 14.8. The van der Waals surface area contributed by atoms with E-state index in [1.807, 2.05) is 0 Å². The fourth-order valence-electron chi connectivity index (χ4n) is 5.00. The molecule has 0 amide bonds. The second-order valence-corrected chi connectivity index (χ2v) is 7.24. The molecular weight excluding hydrogens is 288 g/mol. The van der Waals surface area contributed by atoms with Gasteiger partial charge >= 0.3 is 5.97 Å². The van der Waals surface area contributed by atoms with E-state index in [4.69, 9.17) is 0 Å². The van der Waals surface area contributed by atoms with Crippen molar-refractivity contribution >= 4 is 16.9 Å². The minimum absolute atomic E-state index is 0.175. The number of carbonyl (C=O) groups is 1. The van der Waals surface area contributed by atoms with E-state index in [0.717, 1.165) is 13.0 Å². The summed E-state index contributed by atoms with van der Waals surface area (Å²) in [5, 5.41) is 10.5. The molecule has 5 rings (SSSR count). The maximum atomic E-state index is 11.3. The van der Waals surface area contributed by atoms with Gasteiger partial charge in [0.1, 0.15) is 0 Å². The SMILES string of the molecule is CC[C@@H]1C[C@H]2C[C@H](c3cc4ccccc4[nH]3)[C@@H]1N(CC(=O)O)C2. The van der Waals surface area contributed by atoms with Gasteiger partial charge in [-0.3, -0.25) is 9.69 Å². The zero-order valence-electron chi connectivity index (χ0n) is 13.5. The maximum Gasteiger partial charge on any atom is 0.317 e. The Bertz CT molecular complexity index is 690. The number of nitrogens with one attached hydrogen (secondary N) is 1. The van der Waals surface area contributed by atoms with Crippen LogP contribution in [0.25, 0.3) is 10.9 Å². The highest BCUT2D eigenvalue weighted by molar-refractivity contribution is 5.80. The molecular formula is C19H24N2O2. The summed E-state index contributed by atoms with van der Waals surface area (Å²) >= 11 is 0. The van der Waals surface area contributed by atoms with Crippen LogP contribution in [-0.4, -0.2) is 40.1 Å². The summed E-state index contributed by atoms with van der Waals surface area (Å²) in [6, 6.07) is 11.0. The van der Waals surface area contributed by atoms with Gasteiger partial charge in [0.15, 0.2) is 0 Å². The lowest BCUT2D eigenvalue weighted by Gasteiger charge is -2.53. The molecule has 122 valence electrons. The molecule has 2 aliphatic heterocycles. The summed E-state index contributed by atoms with van der Waals surface area (Å²) in [5.74, 6) is 0.959. The number of aliphatic carboxylic acids is 1. The first-order chi connectivity index (χ1) is 11.2. The number of H-pyrrole nitrogens is 1. The average Bonchev–Trinajstić information content (AvgIpc) is 2.98. The molecule has 1 aromatic heterocycles. The number of hydrogen-bond acceptors (Lipinski definition) is 2.